The molecule has 0 radical (unpaired) electrons. The SMILES string of the molecule is CC1(C)CN(Cc2ccc(-c3ncon3)c(F)c2)CCC1c1ccc2c(n1)CN(C1CCC(=O)NC1=O)C2=O. The average Bonchev–Trinajstić information content (AvgIpc) is 3.52. The number of halogens is 1. The lowest BCUT2D eigenvalue weighted by atomic mass is 9.72. The average molecular weight is 533 g/mol. The fourth-order valence-corrected chi connectivity index (χ4v) is 6.18. The molecule has 1 N–H and O–H groups in total. The highest BCUT2D eigenvalue weighted by Crippen LogP contribution is 2.42. The molecule has 0 spiro atoms. The number of carbonyl (C=O) groups excluding carboxylic acids is 3. The Kier molecular flexibility index (Phi) is 6.25. The fraction of sp³-hybridized carbons (Fsp3) is 0.429. The lowest BCUT2D eigenvalue weighted by molar-refractivity contribution is -0.136. The number of aromatic nitrogens is 3. The van der Waals surface area contributed by atoms with Gasteiger partial charge < -0.3 is 9.42 Å². The Hall–Kier alpha value is -3.99. The van der Waals surface area contributed by atoms with Crippen LogP contribution in [0.2, 0.25) is 0 Å². The van der Waals surface area contributed by atoms with Crippen molar-refractivity contribution < 1.29 is 23.3 Å². The monoisotopic (exact) mass is 532 g/mol. The van der Waals surface area contributed by atoms with Crippen molar-refractivity contribution in [2.75, 3.05) is 13.1 Å². The Morgan fingerprint density at radius 2 is 1.95 bits per heavy atom. The molecule has 202 valence electrons. The third-order valence-electron chi connectivity index (χ3n) is 8.10. The molecule has 10 nitrogen and oxygen atoms in total. The van der Waals surface area contributed by atoms with Crippen molar-refractivity contribution in [2.45, 2.75) is 58.2 Å². The maximum absolute atomic E-state index is 14.7. The number of amides is 3. The van der Waals surface area contributed by atoms with E-state index in [4.69, 9.17) is 9.51 Å². The Morgan fingerprint density at radius 1 is 1.13 bits per heavy atom. The molecule has 2 atom stereocenters. The molecule has 5 heterocycles. The summed E-state index contributed by atoms with van der Waals surface area (Å²) in [5, 5.41) is 6.05. The van der Waals surface area contributed by atoms with Gasteiger partial charge in [-0.2, -0.15) is 4.98 Å². The maximum atomic E-state index is 14.7. The molecule has 2 fully saturated rings. The molecule has 39 heavy (non-hydrogen) atoms. The summed E-state index contributed by atoms with van der Waals surface area (Å²) in [5.41, 5.74) is 3.20. The number of rotatable bonds is 5. The van der Waals surface area contributed by atoms with Crippen LogP contribution in [-0.2, 0) is 22.7 Å². The summed E-state index contributed by atoms with van der Waals surface area (Å²) in [6.45, 7) is 6.92. The molecule has 3 aliphatic rings. The van der Waals surface area contributed by atoms with E-state index in [-0.39, 0.29) is 47.8 Å². The molecule has 2 unspecified atom stereocenters. The highest BCUT2D eigenvalue weighted by Gasteiger charge is 2.42. The van der Waals surface area contributed by atoms with Gasteiger partial charge in [0.2, 0.25) is 24.0 Å². The first-order valence-corrected chi connectivity index (χ1v) is 13.1. The Labute approximate surface area is 224 Å². The Morgan fingerprint density at radius 3 is 2.67 bits per heavy atom. The van der Waals surface area contributed by atoms with Crippen molar-refractivity contribution in [1.82, 2.24) is 30.2 Å². The maximum Gasteiger partial charge on any atom is 0.256 e. The summed E-state index contributed by atoms with van der Waals surface area (Å²) in [6, 6.07) is 8.19. The quantitative estimate of drug-likeness (QED) is 0.498. The molecule has 0 saturated carbocycles. The standard InChI is InChI=1S/C28H29FN6O4/c1-28(2)14-34(12-16-3-4-17(20(29)11-16)25-30-15-39-33-25)10-9-19(28)21-6-5-18-22(31-21)13-35(27(18)38)23-7-8-24(36)32-26(23)37/h3-6,11,15,19,23H,7-10,12-14H2,1-2H3,(H,32,36,37). The van der Waals surface area contributed by atoms with Gasteiger partial charge in [-0.05, 0) is 54.6 Å². The topological polar surface area (TPSA) is 122 Å². The lowest BCUT2D eigenvalue weighted by Crippen LogP contribution is -2.52. The lowest BCUT2D eigenvalue weighted by Gasteiger charge is -2.44. The van der Waals surface area contributed by atoms with E-state index in [0.717, 1.165) is 30.8 Å². The molecular formula is C28H29FN6O4. The van der Waals surface area contributed by atoms with E-state index in [0.29, 0.717) is 29.8 Å². The van der Waals surface area contributed by atoms with Gasteiger partial charge in [0.05, 0.1) is 23.4 Å². The summed E-state index contributed by atoms with van der Waals surface area (Å²) >= 11 is 0. The third-order valence-corrected chi connectivity index (χ3v) is 8.10. The smallest absolute Gasteiger partial charge is 0.256 e. The summed E-state index contributed by atoms with van der Waals surface area (Å²) < 4.78 is 19.4. The number of likely N-dealkylation sites (tertiary alicyclic amines) is 1. The van der Waals surface area contributed by atoms with E-state index in [1.54, 1.807) is 6.07 Å². The molecular weight excluding hydrogens is 503 g/mol. The van der Waals surface area contributed by atoms with Crippen molar-refractivity contribution in [3.8, 4) is 11.4 Å². The minimum absolute atomic E-state index is 0.117. The van der Waals surface area contributed by atoms with Crippen LogP contribution in [0.25, 0.3) is 11.4 Å². The molecule has 3 aromatic rings. The second kappa shape index (κ2) is 9.64. The molecule has 2 aromatic heterocycles. The fourth-order valence-electron chi connectivity index (χ4n) is 6.18. The predicted octanol–water partition coefficient (Wildman–Crippen LogP) is 3.05. The van der Waals surface area contributed by atoms with Gasteiger partial charge in [0, 0.05) is 31.1 Å². The number of fused-ring (bicyclic) bond motifs is 1. The van der Waals surface area contributed by atoms with E-state index in [9.17, 15) is 18.8 Å². The van der Waals surface area contributed by atoms with Crippen molar-refractivity contribution >= 4 is 17.7 Å². The minimum atomic E-state index is -0.654. The van der Waals surface area contributed by atoms with Crippen LogP contribution >= 0.6 is 0 Å². The van der Waals surface area contributed by atoms with Crippen LogP contribution in [0.5, 0.6) is 0 Å². The number of hydrogen-bond acceptors (Lipinski definition) is 8. The summed E-state index contributed by atoms with van der Waals surface area (Å²) in [5.74, 6) is -0.928. The van der Waals surface area contributed by atoms with Gasteiger partial charge in [0.25, 0.3) is 5.91 Å². The van der Waals surface area contributed by atoms with Gasteiger partial charge in [0.15, 0.2) is 0 Å². The van der Waals surface area contributed by atoms with E-state index in [1.807, 2.05) is 18.2 Å². The number of carbonyl (C=O) groups is 3. The number of pyridine rings is 1. The van der Waals surface area contributed by atoms with Crippen LogP contribution in [0.1, 0.15) is 66.3 Å². The summed E-state index contributed by atoms with van der Waals surface area (Å²) in [6.07, 6.45) is 2.59. The molecule has 0 aliphatic carbocycles. The minimum Gasteiger partial charge on any atom is -0.342 e. The second-order valence-corrected chi connectivity index (χ2v) is 11.2. The zero-order valence-electron chi connectivity index (χ0n) is 21.8. The first-order chi connectivity index (χ1) is 18.7. The highest BCUT2D eigenvalue weighted by molar-refractivity contribution is 6.05. The second-order valence-electron chi connectivity index (χ2n) is 11.2. The number of imide groups is 1. The predicted molar refractivity (Wildman–Crippen MR) is 136 cm³/mol. The van der Waals surface area contributed by atoms with Crippen molar-refractivity contribution in [3.63, 3.8) is 0 Å². The van der Waals surface area contributed by atoms with Crippen molar-refractivity contribution in [2.24, 2.45) is 5.41 Å². The van der Waals surface area contributed by atoms with Crippen LogP contribution in [0, 0.1) is 11.2 Å². The first kappa shape index (κ1) is 25.3. The van der Waals surface area contributed by atoms with Gasteiger partial charge in [-0.3, -0.25) is 29.6 Å². The zero-order chi connectivity index (χ0) is 27.3. The number of hydrogen-bond donors (Lipinski definition) is 1. The van der Waals surface area contributed by atoms with Crippen molar-refractivity contribution in [1.29, 1.82) is 0 Å². The van der Waals surface area contributed by atoms with Gasteiger partial charge in [-0.25, -0.2) is 4.39 Å². The van der Waals surface area contributed by atoms with Gasteiger partial charge >= 0.3 is 0 Å². The number of piperidine rings is 2. The number of nitrogens with one attached hydrogen (secondary N) is 1. The van der Waals surface area contributed by atoms with E-state index >= 15 is 0 Å². The van der Waals surface area contributed by atoms with Gasteiger partial charge in [-0.1, -0.05) is 25.1 Å². The van der Waals surface area contributed by atoms with Gasteiger partial charge in [-0.15, -0.1) is 0 Å². The first-order valence-electron chi connectivity index (χ1n) is 13.1. The molecule has 1 aromatic carbocycles. The van der Waals surface area contributed by atoms with Crippen LogP contribution in [0.4, 0.5) is 4.39 Å². The molecule has 11 heteroatoms. The van der Waals surface area contributed by atoms with Crippen LogP contribution in [0.3, 0.4) is 0 Å². The van der Waals surface area contributed by atoms with Crippen molar-refractivity contribution in [3.05, 3.63) is 65.1 Å². The molecule has 0 bridgehead atoms. The Bertz CT molecular complexity index is 1460. The zero-order valence-corrected chi connectivity index (χ0v) is 21.8. The van der Waals surface area contributed by atoms with E-state index in [1.165, 1.54) is 17.4 Å². The summed E-state index contributed by atoms with van der Waals surface area (Å²) in [4.78, 5) is 49.6. The molecule has 6 rings (SSSR count). The third kappa shape index (κ3) is 4.71. The Balaban J connectivity index is 1.14. The van der Waals surface area contributed by atoms with E-state index in [2.05, 4.69) is 34.2 Å². The highest BCUT2D eigenvalue weighted by atomic mass is 19.1. The van der Waals surface area contributed by atoms with Gasteiger partial charge in [0.1, 0.15) is 11.9 Å². The number of benzene rings is 1. The molecule has 3 aliphatic heterocycles. The van der Waals surface area contributed by atoms with Crippen LogP contribution < -0.4 is 5.32 Å². The van der Waals surface area contributed by atoms with Crippen LogP contribution in [-0.4, -0.2) is 61.8 Å². The molecule has 3 amide bonds. The molecule has 2 saturated heterocycles. The van der Waals surface area contributed by atoms with Crippen LogP contribution in [0.15, 0.2) is 41.2 Å². The number of nitrogens with zero attached hydrogens (tertiary/aromatic N) is 5. The normalized spacial score (nSPS) is 23.2. The van der Waals surface area contributed by atoms with E-state index < -0.39 is 11.9 Å². The largest absolute Gasteiger partial charge is 0.342 e. The summed E-state index contributed by atoms with van der Waals surface area (Å²) in [7, 11) is 0.